The van der Waals surface area contributed by atoms with Gasteiger partial charge in [0.15, 0.2) is 0 Å². The molecule has 1 N–H and O–H groups in total. The Bertz CT molecular complexity index is 292. The van der Waals surface area contributed by atoms with Gasteiger partial charge in [0.2, 0.25) is 0 Å². The summed E-state index contributed by atoms with van der Waals surface area (Å²) < 4.78 is 6.20. The molecule has 3 nitrogen and oxygen atoms in total. The van der Waals surface area contributed by atoms with Crippen molar-refractivity contribution in [3.05, 3.63) is 0 Å². The zero-order chi connectivity index (χ0) is 14.8. The molecule has 2 fully saturated rings. The lowest BCUT2D eigenvalue weighted by atomic mass is 9.94. The number of likely N-dealkylation sites (N-methyl/N-ethyl adjacent to an activating group) is 1. The number of hydrogen-bond donors (Lipinski definition) is 1. The van der Waals surface area contributed by atoms with Crippen LogP contribution in [0.1, 0.15) is 60.3 Å². The van der Waals surface area contributed by atoms with E-state index in [1.165, 1.54) is 32.2 Å². The molecule has 1 saturated heterocycles. The highest BCUT2D eigenvalue weighted by molar-refractivity contribution is 4.92. The predicted molar refractivity (Wildman–Crippen MR) is 85.1 cm³/mol. The third kappa shape index (κ3) is 4.44. The first-order valence-electron chi connectivity index (χ1n) is 8.47. The standard InChI is InChI=1S/C17H34N2O/c1-6-18-15(14-9-7-8-10-14)11-19-12-16(2,3)20-17(4,5)13-19/h14-15,18H,6-13H2,1-5H3. The average Bonchev–Trinajstić information content (AvgIpc) is 2.77. The highest BCUT2D eigenvalue weighted by Gasteiger charge is 2.39. The smallest absolute Gasteiger partial charge is 0.0760 e. The molecule has 1 saturated carbocycles. The summed E-state index contributed by atoms with van der Waals surface area (Å²) in [5, 5.41) is 3.74. The van der Waals surface area contributed by atoms with E-state index in [9.17, 15) is 0 Å². The summed E-state index contributed by atoms with van der Waals surface area (Å²) in [5.41, 5.74) is -0.0671. The molecule has 1 unspecified atom stereocenters. The molecule has 118 valence electrons. The second-order valence-electron chi connectivity index (χ2n) is 8.00. The van der Waals surface area contributed by atoms with Crippen LogP contribution in [-0.2, 0) is 4.74 Å². The molecule has 1 aliphatic carbocycles. The molecule has 0 aromatic carbocycles. The van der Waals surface area contributed by atoms with Crippen molar-refractivity contribution in [1.82, 2.24) is 10.2 Å². The number of ether oxygens (including phenoxy) is 1. The van der Waals surface area contributed by atoms with Crippen LogP contribution in [0.25, 0.3) is 0 Å². The number of morpholine rings is 1. The van der Waals surface area contributed by atoms with Crippen LogP contribution >= 0.6 is 0 Å². The van der Waals surface area contributed by atoms with Crippen molar-refractivity contribution in [1.29, 1.82) is 0 Å². The van der Waals surface area contributed by atoms with Crippen LogP contribution in [-0.4, -0.2) is 48.3 Å². The zero-order valence-electron chi connectivity index (χ0n) is 14.2. The first-order valence-corrected chi connectivity index (χ1v) is 8.47. The number of hydrogen-bond acceptors (Lipinski definition) is 3. The van der Waals surface area contributed by atoms with E-state index < -0.39 is 0 Å². The fourth-order valence-corrected chi connectivity index (χ4v) is 4.35. The van der Waals surface area contributed by atoms with Gasteiger partial charge < -0.3 is 10.1 Å². The van der Waals surface area contributed by atoms with Crippen LogP contribution in [0.15, 0.2) is 0 Å². The molecule has 3 heteroatoms. The molecule has 0 radical (unpaired) electrons. The Morgan fingerprint density at radius 1 is 1.10 bits per heavy atom. The molecule has 0 amide bonds. The van der Waals surface area contributed by atoms with Crippen molar-refractivity contribution in [3.63, 3.8) is 0 Å². The molecule has 1 heterocycles. The number of nitrogens with zero attached hydrogens (tertiary/aromatic N) is 1. The predicted octanol–water partition coefficient (Wildman–Crippen LogP) is 3.04. The van der Waals surface area contributed by atoms with Gasteiger partial charge in [-0.3, -0.25) is 4.90 Å². The van der Waals surface area contributed by atoms with E-state index in [1.807, 2.05) is 0 Å². The van der Waals surface area contributed by atoms with E-state index in [4.69, 9.17) is 4.74 Å². The lowest BCUT2D eigenvalue weighted by Crippen LogP contribution is -2.59. The summed E-state index contributed by atoms with van der Waals surface area (Å²) in [6.45, 7) is 15.5. The van der Waals surface area contributed by atoms with Gasteiger partial charge in [0.05, 0.1) is 11.2 Å². The zero-order valence-corrected chi connectivity index (χ0v) is 14.2. The van der Waals surface area contributed by atoms with E-state index in [0.717, 1.165) is 25.6 Å². The molecule has 0 bridgehead atoms. The maximum atomic E-state index is 6.20. The molecule has 0 aromatic heterocycles. The van der Waals surface area contributed by atoms with Crippen LogP contribution in [0, 0.1) is 5.92 Å². The first-order chi connectivity index (χ1) is 9.31. The quantitative estimate of drug-likeness (QED) is 0.839. The molecule has 2 aliphatic rings. The summed E-state index contributed by atoms with van der Waals surface area (Å²) in [6, 6.07) is 0.659. The van der Waals surface area contributed by atoms with Crippen LogP contribution < -0.4 is 5.32 Å². The highest BCUT2D eigenvalue weighted by atomic mass is 16.5. The fourth-order valence-electron chi connectivity index (χ4n) is 4.35. The molecule has 1 aliphatic heterocycles. The Kier molecular flexibility index (Phi) is 5.14. The summed E-state index contributed by atoms with van der Waals surface area (Å²) >= 11 is 0. The van der Waals surface area contributed by atoms with Gasteiger partial charge in [0, 0.05) is 25.7 Å². The van der Waals surface area contributed by atoms with Gasteiger partial charge in [-0.1, -0.05) is 19.8 Å². The minimum atomic E-state index is -0.0335. The molecular weight excluding hydrogens is 248 g/mol. The third-order valence-electron chi connectivity index (χ3n) is 4.65. The summed E-state index contributed by atoms with van der Waals surface area (Å²) in [7, 11) is 0. The third-order valence-corrected chi connectivity index (χ3v) is 4.65. The first kappa shape index (κ1) is 16.3. The van der Waals surface area contributed by atoms with E-state index >= 15 is 0 Å². The number of nitrogens with one attached hydrogen (secondary N) is 1. The van der Waals surface area contributed by atoms with E-state index in [2.05, 4.69) is 44.8 Å². The van der Waals surface area contributed by atoms with Crippen LogP contribution in [0.5, 0.6) is 0 Å². The summed E-state index contributed by atoms with van der Waals surface area (Å²) in [6.07, 6.45) is 5.67. The molecule has 0 aromatic rings. The Labute approximate surface area is 125 Å². The van der Waals surface area contributed by atoms with Gasteiger partial charge in [0.25, 0.3) is 0 Å². The minimum absolute atomic E-state index is 0.0335. The van der Waals surface area contributed by atoms with Gasteiger partial charge in [-0.2, -0.15) is 0 Å². The topological polar surface area (TPSA) is 24.5 Å². The lowest BCUT2D eigenvalue weighted by Gasteiger charge is -2.48. The Balaban J connectivity index is 1.98. The van der Waals surface area contributed by atoms with Gasteiger partial charge in [-0.15, -0.1) is 0 Å². The van der Waals surface area contributed by atoms with Crippen molar-refractivity contribution >= 4 is 0 Å². The fraction of sp³-hybridized carbons (Fsp3) is 1.00. The average molecular weight is 282 g/mol. The number of rotatable bonds is 5. The van der Waals surface area contributed by atoms with E-state index in [1.54, 1.807) is 0 Å². The molecule has 20 heavy (non-hydrogen) atoms. The van der Waals surface area contributed by atoms with Gasteiger partial charge in [0.1, 0.15) is 0 Å². The Morgan fingerprint density at radius 3 is 2.15 bits per heavy atom. The minimum Gasteiger partial charge on any atom is -0.367 e. The van der Waals surface area contributed by atoms with Gasteiger partial charge >= 0.3 is 0 Å². The summed E-state index contributed by atoms with van der Waals surface area (Å²) in [4.78, 5) is 2.62. The molecule has 0 spiro atoms. The SMILES string of the molecule is CCNC(CN1CC(C)(C)OC(C)(C)C1)C1CCCC1. The van der Waals surface area contributed by atoms with Gasteiger partial charge in [-0.05, 0) is 53.0 Å². The maximum absolute atomic E-state index is 6.20. The second kappa shape index (κ2) is 6.33. The Morgan fingerprint density at radius 2 is 1.65 bits per heavy atom. The second-order valence-corrected chi connectivity index (χ2v) is 8.00. The van der Waals surface area contributed by atoms with Crippen molar-refractivity contribution in [2.45, 2.75) is 77.5 Å². The lowest BCUT2D eigenvalue weighted by molar-refractivity contribution is -0.181. The van der Waals surface area contributed by atoms with Gasteiger partial charge in [-0.25, -0.2) is 0 Å². The maximum Gasteiger partial charge on any atom is 0.0760 e. The van der Waals surface area contributed by atoms with Crippen molar-refractivity contribution in [2.24, 2.45) is 5.92 Å². The van der Waals surface area contributed by atoms with E-state index in [0.29, 0.717) is 6.04 Å². The van der Waals surface area contributed by atoms with Crippen molar-refractivity contribution < 1.29 is 4.74 Å². The summed E-state index contributed by atoms with van der Waals surface area (Å²) in [5.74, 6) is 0.879. The largest absolute Gasteiger partial charge is 0.367 e. The molecular formula is C17H34N2O. The molecule has 2 rings (SSSR count). The normalized spacial score (nSPS) is 28.6. The van der Waals surface area contributed by atoms with Crippen molar-refractivity contribution in [2.75, 3.05) is 26.2 Å². The van der Waals surface area contributed by atoms with Crippen LogP contribution in [0.3, 0.4) is 0 Å². The van der Waals surface area contributed by atoms with Crippen LogP contribution in [0.4, 0.5) is 0 Å². The Hall–Kier alpha value is -0.120. The molecule has 1 atom stereocenters. The monoisotopic (exact) mass is 282 g/mol. The van der Waals surface area contributed by atoms with Crippen molar-refractivity contribution in [3.8, 4) is 0 Å². The van der Waals surface area contributed by atoms with Crippen LogP contribution in [0.2, 0.25) is 0 Å². The highest BCUT2D eigenvalue weighted by Crippen LogP contribution is 2.31. The van der Waals surface area contributed by atoms with E-state index in [-0.39, 0.29) is 11.2 Å².